The van der Waals surface area contributed by atoms with E-state index < -0.39 is 0 Å². The van der Waals surface area contributed by atoms with Gasteiger partial charge in [-0.2, -0.15) is 0 Å². The third-order valence-corrected chi connectivity index (χ3v) is 1.86. The topological polar surface area (TPSA) is 76.5 Å². The number of aromatic nitrogens is 2. The molecule has 2 aromatic rings. The molecular weight excluding hydrogens is 220 g/mol. The van der Waals surface area contributed by atoms with Gasteiger partial charge in [-0.3, -0.25) is 0 Å². The molecule has 0 aliphatic rings. The minimum absolute atomic E-state index is 0.546. The van der Waals surface area contributed by atoms with E-state index in [0.717, 1.165) is 11.5 Å². The second kappa shape index (κ2) is 5.11. The van der Waals surface area contributed by atoms with Crippen LogP contribution in [0.25, 0.3) is 0 Å². The van der Waals surface area contributed by atoms with Crippen LogP contribution in [0.1, 0.15) is 11.5 Å². The van der Waals surface area contributed by atoms with Crippen LogP contribution >= 0.6 is 0 Å². The monoisotopic (exact) mass is 232 g/mol. The fourth-order valence-corrected chi connectivity index (χ4v) is 1.14. The highest BCUT2D eigenvalue weighted by Crippen LogP contribution is 2.10. The lowest BCUT2D eigenvalue weighted by Crippen LogP contribution is -1.85. The maximum Gasteiger partial charge on any atom is 0.195 e. The molecule has 0 aliphatic carbocycles. The number of allylic oxidation sites excluding steroid dienone is 1. The number of hydrogen-bond donors (Lipinski definition) is 1. The first-order valence-corrected chi connectivity index (χ1v) is 5.06. The molecule has 0 aromatic carbocycles. The van der Waals surface area contributed by atoms with Gasteiger partial charge in [-0.1, -0.05) is 10.3 Å². The summed E-state index contributed by atoms with van der Waals surface area (Å²) >= 11 is 0. The maximum absolute atomic E-state index is 4.89. The van der Waals surface area contributed by atoms with Crippen molar-refractivity contribution < 1.29 is 9.05 Å². The van der Waals surface area contributed by atoms with E-state index in [1.807, 2.05) is 13.8 Å². The highest BCUT2D eigenvalue weighted by Gasteiger charge is 1.95. The molecule has 2 aromatic heterocycles. The Balaban J connectivity index is 1.84. The van der Waals surface area contributed by atoms with E-state index >= 15 is 0 Å². The van der Waals surface area contributed by atoms with Crippen molar-refractivity contribution in [1.29, 1.82) is 0 Å². The quantitative estimate of drug-likeness (QED) is 0.820. The summed E-state index contributed by atoms with van der Waals surface area (Å²) in [5.41, 5.74) is 0. The number of aryl methyl sites for hydroxylation is 2. The van der Waals surface area contributed by atoms with Gasteiger partial charge in [0.2, 0.25) is 0 Å². The maximum atomic E-state index is 4.89. The van der Waals surface area contributed by atoms with Crippen LogP contribution in [0.2, 0.25) is 0 Å². The zero-order chi connectivity index (χ0) is 12.1. The first-order valence-electron chi connectivity index (χ1n) is 5.06. The highest BCUT2D eigenvalue weighted by molar-refractivity contribution is 5.74. The highest BCUT2D eigenvalue weighted by atomic mass is 16.5. The van der Waals surface area contributed by atoms with Gasteiger partial charge in [0, 0.05) is 24.5 Å². The van der Waals surface area contributed by atoms with E-state index in [0.29, 0.717) is 11.6 Å². The third kappa shape index (κ3) is 3.30. The van der Waals surface area contributed by atoms with Crippen molar-refractivity contribution in [3.63, 3.8) is 0 Å². The Labute approximate surface area is 98.0 Å². The molecule has 0 bridgehead atoms. The SMILES string of the molecule is Cc1cc(N=C/C=C/Nc2cc(C)on2)no1. The van der Waals surface area contributed by atoms with Gasteiger partial charge >= 0.3 is 0 Å². The van der Waals surface area contributed by atoms with Crippen molar-refractivity contribution in [2.24, 2.45) is 4.99 Å². The van der Waals surface area contributed by atoms with Crippen molar-refractivity contribution in [3.8, 4) is 0 Å². The molecule has 0 saturated heterocycles. The smallest absolute Gasteiger partial charge is 0.195 e. The Hall–Kier alpha value is -2.37. The molecule has 17 heavy (non-hydrogen) atoms. The third-order valence-electron chi connectivity index (χ3n) is 1.86. The molecule has 2 rings (SSSR count). The second-order valence-electron chi connectivity index (χ2n) is 3.40. The Morgan fingerprint density at radius 1 is 1.18 bits per heavy atom. The van der Waals surface area contributed by atoms with Crippen LogP contribution in [0.15, 0.2) is 38.4 Å². The molecule has 0 radical (unpaired) electrons. The summed E-state index contributed by atoms with van der Waals surface area (Å²) < 4.78 is 9.76. The Kier molecular flexibility index (Phi) is 3.34. The van der Waals surface area contributed by atoms with Crippen LogP contribution in [0, 0.1) is 13.8 Å². The number of aliphatic imine (C=N–C) groups is 1. The van der Waals surface area contributed by atoms with Crippen LogP contribution in [0.4, 0.5) is 11.6 Å². The number of rotatable bonds is 4. The minimum atomic E-state index is 0.546. The van der Waals surface area contributed by atoms with E-state index in [1.165, 1.54) is 0 Å². The van der Waals surface area contributed by atoms with Crippen molar-refractivity contribution in [1.82, 2.24) is 10.3 Å². The van der Waals surface area contributed by atoms with E-state index in [1.54, 1.807) is 30.6 Å². The van der Waals surface area contributed by atoms with Gasteiger partial charge in [-0.25, -0.2) is 4.99 Å². The van der Waals surface area contributed by atoms with Crippen molar-refractivity contribution >= 4 is 17.9 Å². The van der Waals surface area contributed by atoms with Gasteiger partial charge in [-0.05, 0) is 19.9 Å². The van der Waals surface area contributed by atoms with Gasteiger partial charge in [0.05, 0.1) is 0 Å². The lowest BCUT2D eigenvalue weighted by atomic mass is 10.5. The zero-order valence-electron chi connectivity index (χ0n) is 9.54. The Morgan fingerprint density at radius 2 is 1.94 bits per heavy atom. The summed E-state index contributed by atoms with van der Waals surface area (Å²) in [4.78, 5) is 4.06. The number of hydrogen-bond acceptors (Lipinski definition) is 6. The summed E-state index contributed by atoms with van der Waals surface area (Å²) in [5, 5.41) is 10.4. The van der Waals surface area contributed by atoms with E-state index in [4.69, 9.17) is 9.05 Å². The van der Waals surface area contributed by atoms with Crippen LogP contribution in [0.3, 0.4) is 0 Å². The van der Waals surface area contributed by atoms with Gasteiger partial charge in [0.15, 0.2) is 11.6 Å². The molecule has 0 atom stereocenters. The van der Waals surface area contributed by atoms with E-state index in [9.17, 15) is 0 Å². The molecule has 0 saturated carbocycles. The van der Waals surface area contributed by atoms with E-state index in [2.05, 4.69) is 20.6 Å². The lowest BCUT2D eigenvalue weighted by molar-refractivity contribution is 0.399. The summed E-state index contributed by atoms with van der Waals surface area (Å²) in [7, 11) is 0. The molecule has 2 heterocycles. The lowest BCUT2D eigenvalue weighted by Gasteiger charge is -1.88. The standard InChI is InChI=1S/C11H12N4O2/c1-8-6-10(14-16-8)12-4-3-5-13-11-7-9(2)17-15-11/h3-7H,1-2H3,(H,12,14)/b4-3+,13-5?. The average Bonchev–Trinajstić information content (AvgIpc) is 2.88. The molecule has 6 nitrogen and oxygen atoms in total. The van der Waals surface area contributed by atoms with Crippen molar-refractivity contribution in [2.45, 2.75) is 13.8 Å². The van der Waals surface area contributed by atoms with Gasteiger partial charge in [0.25, 0.3) is 0 Å². The number of anilines is 1. The minimum Gasteiger partial charge on any atom is -0.360 e. The molecular formula is C11H12N4O2. The predicted molar refractivity (Wildman–Crippen MR) is 63.4 cm³/mol. The van der Waals surface area contributed by atoms with Gasteiger partial charge in [-0.15, -0.1) is 0 Å². The zero-order valence-corrected chi connectivity index (χ0v) is 9.54. The van der Waals surface area contributed by atoms with Gasteiger partial charge in [0.1, 0.15) is 11.5 Å². The Bertz CT molecular complexity index is 539. The molecule has 6 heteroatoms. The van der Waals surface area contributed by atoms with Crippen molar-refractivity contribution in [2.75, 3.05) is 5.32 Å². The first kappa shape index (κ1) is 11.1. The largest absolute Gasteiger partial charge is 0.360 e. The van der Waals surface area contributed by atoms with Crippen LogP contribution < -0.4 is 5.32 Å². The summed E-state index contributed by atoms with van der Waals surface area (Å²) in [6.07, 6.45) is 5.04. The van der Waals surface area contributed by atoms with Crippen LogP contribution in [-0.4, -0.2) is 16.5 Å². The fourth-order valence-electron chi connectivity index (χ4n) is 1.14. The normalized spacial score (nSPS) is 11.6. The molecule has 88 valence electrons. The first-order chi connectivity index (χ1) is 8.24. The molecule has 0 aliphatic heterocycles. The van der Waals surface area contributed by atoms with Crippen molar-refractivity contribution in [3.05, 3.63) is 35.9 Å². The Morgan fingerprint density at radius 3 is 2.59 bits per heavy atom. The average molecular weight is 232 g/mol. The number of nitrogens with one attached hydrogen (secondary N) is 1. The fraction of sp³-hybridized carbons (Fsp3) is 0.182. The van der Waals surface area contributed by atoms with Gasteiger partial charge < -0.3 is 14.4 Å². The summed E-state index contributed by atoms with van der Waals surface area (Å²) in [5.74, 6) is 2.69. The molecule has 0 amide bonds. The molecule has 0 fully saturated rings. The molecule has 0 unspecified atom stereocenters. The summed E-state index contributed by atoms with van der Waals surface area (Å²) in [6, 6.07) is 3.54. The predicted octanol–water partition coefficient (Wildman–Crippen LogP) is 2.61. The van der Waals surface area contributed by atoms with E-state index in [-0.39, 0.29) is 0 Å². The number of nitrogens with zero attached hydrogens (tertiary/aromatic N) is 3. The molecule has 1 N–H and O–H groups in total. The molecule has 0 spiro atoms. The van der Waals surface area contributed by atoms with Crippen LogP contribution in [-0.2, 0) is 0 Å². The summed E-state index contributed by atoms with van der Waals surface area (Å²) in [6.45, 7) is 3.65. The van der Waals surface area contributed by atoms with Crippen LogP contribution in [0.5, 0.6) is 0 Å². The second-order valence-corrected chi connectivity index (χ2v) is 3.40.